The number of rotatable bonds is 6. The Morgan fingerprint density at radius 3 is 2.19 bits per heavy atom. The highest BCUT2D eigenvalue weighted by Crippen LogP contribution is 2.42. The summed E-state index contributed by atoms with van der Waals surface area (Å²) in [5.41, 5.74) is -1.15. The van der Waals surface area contributed by atoms with Gasteiger partial charge in [0.05, 0.1) is 10.8 Å². The van der Waals surface area contributed by atoms with Gasteiger partial charge in [-0.2, -0.15) is 31.1 Å². The van der Waals surface area contributed by atoms with Crippen molar-refractivity contribution in [3.8, 4) is 11.1 Å². The molecule has 1 unspecified atom stereocenters. The molecule has 1 heterocycles. The Hall–Kier alpha value is -2.53. The minimum absolute atomic E-state index is 0.0972. The highest BCUT2D eigenvalue weighted by molar-refractivity contribution is 7.90. The smallest absolute Gasteiger partial charge is 0.347 e. The standard InChI is InChI=1S/C26H28F6N2O2S/c1-24(2,3)15-34-14-20(23(26(30,31)32)33-37(35,36)17-7-6-8-17)19-12-11-16(13-22(19)34)18-9-4-5-10-21(18)25(27,28)29/h4-5,9-14,17,23,33H,6-8,15H2,1-3H3. The molecule has 0 spiro atoms. The van der Waals surface area contributed by atoms with E-state index in [2.05, 4.69) is 0 Å². The van der Waals surface area contributed by atoms with Crippen LogP contribution in [0.25, 0.3) is 22.0 Å². The third-order valence-corrected chi connectivity index (χ3v) is 8.43. The molecule has 1 aliphatic rings. The summed E-state index contributed by atoms with van der Waals surface area (Å²) >= 11 is 0. The van der Waals surface area contributed by atoms with Crippen molar-refractivity contribution in [2.75, 3.05) is 0 Å². The zero-order valence-corrected chi connectivity index (χ0v) is 21.4. The molecule has 1 N–H and O–H groups in total. The lowest BCUT2D eigenvalue weighted by Gasteiger charge is -2.29. The number of nitrogens with zero attached hydrogens (tertiary/aromatic N) is 1. The Bertz CT molecular complexity index is 1400. The van der Waals surface area contributed by atoms with Gasteiger partial charge in [0, 0.05) is 29.2 Å². The van der Waals surface area contributed by atoms with Gasteiger partial charge in [-0.25, -0.2) is 8.42 Å². The predicted octanol–water partition coefficient (Wildman–Crippen LogP) is 7.45. The predicted molar refractivity (Wildman–Crippen MR) is 130 cm³/mol. The molecule has 1 saturated carbocycles. The van der Waals surface area contributed by atoms with Gasteiger partial charge < -0.3 is 4.57 Å². The monoisotopic (exact) mass is 546 g/mol. The highest BCUT2D eigenvalue weighted by atomic mass is 32.2. The molecule has 1 fully saturated rings. The minimum Gasteiger partial charge on any atom is -0.347 e. The van der Waals surface area contributed by atoms with E-state index in [1.165, 1.54) is 42.6 Å². The molecule has 0 radical (unpaired) electrons. The van der Waals surface area contributed by atoms with Crippen molar-refractivity contribution in [2.24, 2.45) is 5.41 Å². The third-order valence-electron chi connectivity index (χ3n) is 6.51. The van der Waals surface area contributed by atoms with Crippen LogP contribution < -0.4 is 4.72 Å². The minimum atomic E-state index is -4.93. The summed E-state index contributed by atoms with van der Waals surface area (Å²) in [6.07, 6.45) is -7.06. The van der Waals surface area contributed by atoms with E-state index in [1.54, 1.807) is 4.57 Å². The summed E-state index contributed by atoms with van der Waals surface area (Å²) in [4.78, 5) is 0. The molecular weight excluding hydrogens is 518 g/mol. The molecule has 4 rings (SSSR count). The van der Waals surface area contributed by atoms with E-state index in [0.717, 1.165) is 6.07 Å². The first-order valence-electron chi connectivity index (χ1n) is 11.8. The average molecular weight is 547 g/mol. The van der Waals surface area contributed by atoms with Gasteiger partial charge in [-0.15, -0.1) is 0 Å². The molecule has 202 valence electrons. The summed E-state index contributed by atoms with van der Waals surface area (Å²) in [5, 5.41) is -0.748. The second-order valence-electron chi connectivity index (χ2n) is 10.7. The number of halogens is 6. The molecule has 0 aliphatic heterocycles. The van der Waals surface area contributed by atoms with E-state index >= 15 is 0 Å². The Kier molecular flexibility index (Phi) is 6.94. The van der Waals surface area contributed by atoms with Crippen LogP contribution in [0.15, 0.2) is 48.7 Å². The van der Waals surface area contributed by atoms with Crippen LogP contribution in [-0.2, 0) is 22.7 Å². The molecule has 2 aromatic carbocycles. The Morgan fingerprint density at radius 2 is 1.65 bits per heavy atom. The molecule has 0 saturated heterocycles. The van der Waals surface area contributed by atoms with E-state index in [1.807, 2.05) is 25.5 Å². The van der Waals surface area contributed by atoms with E-state index < -0.39 is 39.2 Å². The van der Waals surface area contributed by atoms with Crippen molar-refractivity contribution in [3.05, 3.63) is 59.8 Å². The SMILES string of the molecule is CC(C)(C)Cn1cc(C(NS(=O)(=O)C2CCC2)C(F)(F)F)c2ccc(-c3ccccc3C(F)(F)F)cc21. The van der Waals surface area contributed by atoms with Crippen LogP contribution in [0, 0.1) is 5.41 Å². The van der Waals surface area contributed by atoms with Gasteiger partial charge in [0.1, 0.15) is 6.04 Å². The molecule has 1 aromatic heterocycles. The van der Waals surface area contributed by atoms with Gasteiger partial charge in [0.15, 0.2) is 0 Å². The fourth-order valence-electron chi connectivity index (χ4n) is 4.59. The van der Waals surface area contributed by atoms with E-state index in [-0.39, 0.29) is 39.6 Å². The topological polar surface area (TPSA) is 51.1 Å². The normalized spacial score (nSPS) is 16.7. The quantitative estimate of drug-likeness (QED) is 0.327. The van der Waals surface area contributed by atoms with Crippen molar-refractivity contribution in [1.29, 1.82) is 0 Å². The fourth-order valence-corrected chi connectivity index (χ4v) is 6.33. The van der Waals surface area contributed by atoms with E-state index in [0.29, 0.717) is 19.3 Å². The maximum atomic E-state index is 14.3. The second-order valence-corrected chi connectivity index (χ2v) is 12.7. The van der Waals surface area contributed by atoms with Gasteiger partial charge in [0.2, 0.25) is 10.0 Å². The van der Waals surface area contributed by atoms with E-state index in [9.17, 15) is 34.8 Å². The van der Waals surface area contributed by atoms with Gasteiger partial charge in [-0.3, -0.25) is 0 Å². The molecule has 1 atom stereocenters. The number of alkyl halides is 6. The molecule has 11 heteroatoms. The Morgan fingerprint density at radius 1 is 1.00 bits per heavy atom. The summed E-state index contributed by atoms with van der Waals surface area (Å²) < 4.78 is 113. The second kappa shape index (κ2) is 9.34. The van der Waals surface area contributed by atoms with Crippen LogP contribution in [0.3, 0.4) is 0 Å². The largest absolute Gasteiger partial charge is 0.417 e. The van der Waals surface area contributed by atoms with Crippen LogP contribution in [0.4, 0.5) is 26.3 Å². The molecule has 1 aliphatic carbocycles. The first-order valence-corrected chi connectivity index (χ1v) is 13.4. The van der Waals surface area contributed by atoms with Crippen molar-refractivity contribution in [2.45, 2.75) is 70.2 Å². The molecule has 0 amide bonds. The van der Waals surface area contributed by atoms with Crippen molar-refractivity contribution < 1.29 is 34.8 Å². The first-order chi connectivity index (χ1) is 17.0. The van der Waals surface area contributed by atoms with Crippen LogP contribution in [0.2, 0.25) is 0 Å². The number of nitrogens with one attached hydrogen (secondary N) is 1. The number of hydrogen-bond acceptors (Lipinski definition) is 2. The first kappa shape index (κ1) is 27.5. The number of aromatic nitrogens is 1. The lowest BCUT2D eigenvalue weighted by Crippen LogP contribution is -2.44. The molecule has 37 heavy (non-hydrogen) atoms. The Balaban J connectivity index is 1.90. The zero-order valence-electron chi connectivity index (χ0n) is 20.5. The lowest BCUT2D eigenvalue weighted by atomic mass is 9.96. The van der Waals surface area contributed by atoms with Gasteiger partial charge >= 0.3 is 12.4 Å². The number of hydrogen-bond donors (Lipinski definition) is 1. The van der Waals surface area contributed by atoms with Gasteiger partial charge in [-0.1, -0.05) is 57.5 Å². The number of fused-ring (bicyclic) bond motifs is 1. The molecule has 0 bridgehead atoms. The zero-order chi connectivity index (χ0) is 27.4. The number of sulfonamides is 1. The summed E-state index contributed by atoms with van der Waals surface area (Å²) in [7, 11) is -4.23. The third kappa shape index (κ3) is 5.82. The number of benzene rings is 2. The highest BCUT2D eigenvalue weighted by Gasteiger charge is 2.46. The summed E-state index contributed by atoms with van der Waals surface area (Å²) in [5.74, 6) is 0. The lowest BCUT2D eigenvalue weighted by molar-refractivity contribution is -0.152. The fraction of sp³-hybridized carbons (Fsp3) is 0.462. The molecule has 3 aromatic rings. The van der Waals surface area contributed by atoms with Crippen LogP contribution in [0.5, 0.6) is 0 Å². The average Bonchev–Trinajstić information content (AvgIpc) is 3.04. The van der Waals surface area contributed by atoms with Crippen LogP contribution >= 0.6 is 0 Å². The van der Waals surface area contributed by atoms with Crippen molar-refractivity contribution >= 4 is 20.9 Å². The van der Waals surface area contributed by atoms with Gasteiger partial charge in [-0.05, 0) is 41.5 Å². The van der Waals surface area contributed by atoms with E-state index in [4.69, 9.17) is 0 Å². The molecular formula is C26H28F6N2O2S. The van der Waals surface area contributed by atoms with Gasteiger partial charge in [0.25, 0.3) is 0 Å². The summed E-state index contributed by atoms with van der Waals surface area (Å²) in [6.45, 7) is 5.89. The maximum absolute atomic E-state index is 14.3. The van der Waals surface area contributed by atoms with Crippen LogP contribution in [0.1, 0.15) is 57.2 Å². The van der Waals surface area contributed by atoms with Crippen molar-refractivity contribution in [3.63, 3.8) is 0 Å². The summed E-state index contributed by atoms with van der Waals surface area (Å²) in [6, 6.07) is 6.62. The van der Waals surface area contributed by atoms with Crippen molar-refractivity contribution in [1.82, 2.24) is 9.29 Å². The molecule has 4 nitrogen and oxygen atoms in total. The van der Waals surface area contributed by atoms with Crippen LogP contribution in [-0.4, -0.2) is 24.4 Å². The maximum Gasteiger partial charge on any atom is 0.417 e. The Labute approximate surface area is 211 Å².